The molecule has 0 aliphatic rings. The van der Waals surface area contributed by atoms with Gasteiger partial charge in [-0.15, -0.1) is 0 Å². The fraction of sp³-hybridized carbons (Fsp3) is 0.667. The average molecular weight is 475 g/mol. The van der Waals surface area contributed by atoms with Crippen LogP contribution < -0.4 is 0 Å². The lowest BCUT2D eigenvalue weighted by atomic mass is 10.4. The fourth-order valence-corrected chi connectivity index (χ4v) is 1.06. The van der Waals surface area contributed by atoms with Gasteiger partial charge in [-0.1, -0.05) is 116 Å². The molecule has 0 unspecified atom stereocenters. The zero-order chi connectivity index (χ0) is 15.9. The van der Waals surface area contributed by atoms with Crippen molar-refractivity contribution < 1.29 is 14.3 Å². The van der Waals surface area contributed by atoms with Gasteiger partial charge in [-0.25, -0.2) is 9.59 Å². The average Bonchev–Trinajstić information content (AvgIpc) is 2.13. The number of esters is 2. The summed E-state index contributed by atoms with van der Waals surface area (Å²) < 4.78 is -6.32. The number of halogens is 10. The van der Waals surface area contributed by atoms with Crippen LogP contribution in [-0.4, -0.2) is 28.2 Å². The van der Waals surface area contributed by atoms with E-state index in [4.69, 9.17) is 116 Å². The zero-order valence-electron chi connectivity index (χ0n) is 8.00. The first-order valence-corrected chi connectivity index (χ1v) is 7.49. The van der Waals surface area contributed by atoms with Gasteiger partial charge in [0, 0.05) is 0 Å². The largest absolute Gasteiger partial charge is 0.388 e. The molecular weight excluding hydrogens is 475 g/mol. The summed E-state index contributed by atoms with van der Waals surface area (Å²) in [6.07, 6.45) is 0. The van der Waals surface area contributed by atoms with E-state index in [1.54, 1.807) is 0 Å². The topological polar surface area (TPSA) is 43.4 Å². The van der Waals surface area contributed by atoms with Crippen molar-refractivity contribution >= 4 is 128 Å². The molecule has 0 aromatic carbocycles. The second-order valence-electron chi connectivity index (χ2n) is 2.82. The first kappa shape index (κ1) is 21.0. The van der Waals surface area contributed by atoms with Crippen LogP contribution in [0.1, 0.15) is 0 Å². The monoisotopic (exact) mass is 470 g/mol. The fourth-order valence-electron chi connectivity index (χ4n) is 0.444. The van der Waals surface area contributed by atoms with Crippen LogP contribution in [0, 0.1) is 0 Å². The summed E-state index contributed by atoms with van der Waals surface area (Å²) in [6, 6.07) is 0. The van der Waals surface area contributed by atoms with E-state index in [0.29, 0.717) is 0 Å². The van der Waals surface area contributed by atoms with Gasteiger partial charge in [0.2, 0.25) is 7.59 Å². The third-order valence-corrected chi connectivity index (χ3v) is 6.02. The van der Waals surface area contributed by atoms with Crippen LogP contribution in [0.2, 0.25) is 0 Å². The molecule has 0 saturated carbocycles. The van der Waals surface area contributed by atoms with Gasteiger partial charge in [0.1, 0.15) is 0 Å². The molecule has 0 N–H and O–H groups in total. The molecule has 0 aromatic heterocycles. The zero-order valence-corrected chi connectivity index (χ0v) is 15.6. The normalized spacial score (nSPS) is 14.2. The van der Waals surface area contributed by atoms with Gasteiger partial charge >= 0.3 is 11.9 Å². The summed E-state index contributed by atoms with van der Waals surface area (Å²) in [4.78, 5) is 23.0. The maximum Gasteiger partial charge on any atom is 0.354 e. The van der Waals surface area contributed by atoms with E-state index in [0.717, 1.165) is 0 Å². The van der Waals surface area contributed by atoms with Crippen LogP contribution >= 0.6 is 116 Å². The Balaban J connectivity index is 5.11. The predicted molar refractivity (Wildman–Crippen MR) is 80.6 cm³/mol. The van der Waals surface area contributed by atoms with E-state index in [2.05, 4.69) is 4.74 Å². The van der Waals surface area contributed by atoms with Crippen molar-refractivity contribution in [2.24, 2.45) is 0 Å². The van der Waals surface area contributed by atoms with Crippen molar-refractivity contribution in [1.82, 2.24) is 0 Å². The number of hydrogen-bond acceptors (Lipinski definition) is 3. The Morgan fingerprint density at radius 3 is 0.947 bits per heavy atom. The predicted octanol–water partition coefficient (Wildman–Crippen LogP) is 5.14. The summed E-state index contributed by atoms with van der Waals surface area (Å²) in [7, 11) is 0. The molecule has 13 heteroatoms. The summed E-state index contributed by atoms with van der Waals surface area (Å²) >= 11 is 53.6. The molecule has 3 nitrogen and oxygen atoms in total. The molecule has 0 radical (unpaired) electrons. The van der Waals surface area contributed by atoms with Crippen LogP contribution in [0.25, 0.3) is 0 Å². The molecule has 0 heterocycles. The summed E-state index contributed by atoms with van der Waals surface area (Å²) in [5.74, 6) is -3.33. The second kappa shape index (κ2) is 6.66. The maximum absolute atomic E-state index is 11.5. The number of alkyl halides is 10. The van der Waals surface area contributed by atoms with Crippen molar-refractivity contribution in [2.45, 2.75) is 16.3 Å². The Hall–Kier alpha value is 2.04. The standard InChI is InChI=1S/C6Cl10O3/c7-3(8,5(11,12)13)1(17)19-2(18)4(9,10)6(14,15)16. The molecule has 19 heavy (non-hydrogen) atoms. The molecule has 0 amide bonds. The van der Waals surface area contributed by atoms with E-state index in [9.17, 15) is 9.59 Å². The molecule has 112 valence electrons. The molecule has 0 fully saturated rings. The lowest BCUT2D eigenvalue weighted by Gasteiger charge is -2.28. The summed E-state index contributed by atoms with van der Waals surface area (Å²) in [6.45, 7) is 0. The van der Waals surface area contributed by atoms with E-state index in [-0.39, 0.29) is 0 Å². The van der Waals surface area contributed by atoms with Gasteiger partial charge in [-0.2, -0.15) is 0 Å². The van der Waals surface area contributed by atoms with Crippen LogP contribution in [0.4, 0.5) is 0 Å². The Morgan fingerprint density at radius 2 is 0.789 bits per heavy atom. The quantitative estimate of drug-likeness (QED) is 0.316. The lowest BCUT2D eigenvalue weighted by molar-refractivity contribution is -0.160. The first-order chi connectivity index (χ1) is 8.05. The molecular formula is C6Cl10O3. The van der Waals surface area contributed by atoms with E-state index < -0.39 is 28.2 Å². The SMILES string of the molecule is O=C(OC(=O)C(Cl)(Cl)C(Cl)(Cl)Cl)C(Cl)(Cl)C(Cl)(Cl)Cl. The Morgan fingerprint density at radius 1 is 0.579 bits per heavy atom. The number of carbonyl (C=O) groups is 2. The van der Waals surface area contributed by atoms with Gasteiger partial charge < -0.3 is 4.74 Å². The van der Waals surface area contributed by atoms with E-state index in [1.165, 1.54) is 0 Å². The second-order valence-corrected chi connectivity index (χ2v) is 10.0. The molecule has 0 atom stereocenters. The highest BCUT2D eigenvalue weighted by Crippen LogP contribution is 2.49. The van der Waals surface area contributed by atoms with Crippen molar-refractivity contribution in [3.05, 3.63) is 0 Å². The van der Waals surface area contributed by atoms with E-state index >= 15 is 0 Å². The molecule has 0 spiro atoms. The van der Waals surface area contributed by atoms with Crippen LogP contribution in [-0.2, 0) is 14.3 Å². The van der Waals surface area contributed by atoms with Gasteiger partial charge in [0.15, 0.2) is 0 Å². The minimum absolute atomic E-state index is 1.67. The maximum atomic E-state index is 11.5. The van der Waals surface area contributed by atoms with Gasteiger partial charge in [0.25, 0.3) is 8.67 Å². The molecule has 0 saturated heterocycles. The highest BCUT2D eigenvalue weighted by molar-refractivity contribution is 6.80. The Kier molecular flexibility index (Phi) is 7.37. The molecule has 0 aromatic rings. The van der Waals surface area contributed by atoms with Gasteiger partial charge in [0.05, 0.1) is 0 Å². The summed E-state index contributed by atoms with van der Waals surface area (Å²) in [5.41, 5.74) is 0. The molecule has 0 aliphatic carbocycles. The lowest BCUT2D eigenvalue weighted by Crippen LogP contribution is -2.47. The van der Waals surface area contributed by atoms with Crippen LogP contribution in [0.15, 0.2) is 0 Å². The minimum Gasteiger partial charge on any atom is -0.388 e. The van der Waals surface area contributed by atoms with Crippen LogP contribution in [0.3, 0.4) is 0 Å². The number of hydrogen-bond donors (Lipinski definition) is 0. The van der Waals surface area contributed by atoms with Gasteiger partial charge in [-0.3, -0.25) is 0 Å². The smallest absolute Gasteiger partial charge is 0.354 e. The van der Waals surface area contributed by atoms with Crippen molar-refractivity contribution in [1.29, 1.82) is 0 Å². The molecule has 0 bridgehead atoms. The van der Waals surface area contributed by atoms with Crippen molar-refractivity contribution in [2.75, 3.05) is 0 Å². The number of carbonyl (C=O) groups excluding carboxylic acids is 2. The molecule has 0 aliphatic heterocycles. The highest BCUT2D eigenvalue weighted by Gasteiger charge is 2.58. The van der Waals surface area contributed by atoms with Crippen molar-refractivity contribution in [3.8, 4) is 0 Å². The Labute approximate surface area is 157 Å². The highest BCUT2D eigenvalue weighted by atomic mass is 35.6. The van der Waals surface area contributed by atoms with Crippen molar-refractivity contribution in [3.63, 3.8) is 0 Å². The molecule has 0 rings (SSSR count). The Bertz CT molecular complexity index is 342. The number of rotatable bonds is 2. The van der Waals surface area contributed by atoms with E-state index in [1.807, 2.05) is 0 Å². The third kappa shape index (κ3) is 5.02. The number of ether oxygens (including phenoxy) is 1. The third-order valence-electron chi connectivity index (χ3n) is 1.41. The van der Waals surface area contributed by atoms with Crippen LogP contribution in [0.5, 0.6) is 0 Å². The summed E-state index contributed by atoms with van der Waals surface area (Å²) in [5, 5.41) is 0. The van der Waals surface area contributed by atoms with Gasteiger partial charge in [-0.05, 0) is 0 Å². The minimum atomic E-state index is -2.72. The first-order valence-electron chi connectivity index (χ1n) is 3.71.